The van der Waals surface area contributed by atoms with Crippen LogP contribution in [0.25, 0.3) is 0 Å². The Morgan fingerprint density at radius 1 is 1.26 bits per heavy atom. The van der Waals surface area contributed by atoms with Crippen molar-refractivity contribution in [2.45, 2.75) is 44.4 Å². The van der Waals surface area contributed by atoms with E-state index in [0.29, 0.717) is 24.3 Å². The van der Waals surface area contributed by atoms with Crippen molar-refractivity contribution in [1.82, 2.24) is 14.9 Å². The predicted molar refractivity (Wildman–Crippen MR) is 100 cm³/mol. The van der Waals surface area contributed by atoms with Crippen LogP contribution in [-0.2, 0) is 11.3 Å². The fourth-order valence-corrected chi connectivity index (χ4v) is 4.08. The van der Waals surface area contributed by atoms with E-state index in [2.05, 4.69) is 10.3 Å². The van der Waals surface area contributed by atoms with Crippen LogP contribution in [0.15, 0.2) is 43.0 Å². The van der Waals surface area contributed by atoms with Crippen molar-refractivity contribution in [1.29, 1.82) is 0 Å². The van der Waals surface area contributed by atoms with Gasteiger partial charge in [-0.3, -0.25) is 9.59 Å². The summed E-state index contributed by atoms with van der Waals surface area (Å²) in [6.45, 7) is 1.53. The van der Waals surface area contributed by atoms with E-state index in [9.17, 15) is 14.7 Å². The maximum Gasteiger partial charge on any atom is 0.251 e. The smallest absolute Gasteiger partial charge is 0.251 e. The summed E-state index contributed by atoms with van der Waals surface area (Å²) in [7, 11) is 0. The minimum absolute atomic E-state index is 0.130. The lowest BCUT2D eigenvalue weighted by Gasteiger charge is -2.18. The Morgan fingerprint density at radius 3 is 2.74 bits per heavy atom. The molecular weight excluding hydrogens is 344 g/mol. The standard InChI is InChI=1S/C20H24N4O3/c25-18-11-14(12-23-9-7-21-13-23)10-17(18)22-20(27)15-3-5-16(6-4-15)24-8-1-2-19(24)26/h3-7,9,13-14,17-18,25H,1-2,8,10-12H2,(H,22,27)/t14?,17-,18-/m1/s1. The van der Waals surface area contributed by atoms with Crippen LogP contribution in [0.5, 0.6) is 0 Å². The fourth-order valence-electron chi connectivity index (χ4n) is 4.08. The van der Waals surface area contributed by atoms with Crippen molar-refractivity contribution >= 4 is 17.5 Å². The largest absolute Gasteiger partial charge is 0.391 e. The van der Waals surface area contributed by atoms with Gasteiger partial charge in [0.2, 0.25) is 5.91 Å². The highest BCUT2D eigenvalue weighted by Gasteiger charge is 2.34. The second-order valence-electron chi connectivity index (χ2n) is 7.44. The molecule has 0 bridgehead atoms. The molecule has 2 amide bonds. The van der Waals surface area contributed by atoms with Crippen molar-refractivity contribution in [2.24, 2.45) is 5.92 Å². The lowest BCUT2D eigenvalue weighted by atomic mass is 10.1. The maximum atomic E-state index is 12.5. The lowest BCUT2D eigenvalue weighted by molar-refractivity contribution is -0.117. The Labute approximate surface area is 158 Å². The van der Waals surface area contributed by atoms with E-state index in [1.165, 1.54) is 0 Å². The highest BCUT2D eigenvalue weighted by molar-refractivity contribution is 5.97. The Kier molecular flexibility index (Phi) is 4.94. The number of imidazole rings is 1. The first-order chi connectivity index (χ1) is 13.1. The molecule has 1 aromatic heterocycles. The van der Waals surface area contributed by atoms with Gasteiger partial charge in [0, 0.05) is 43.2 Å². The molecule has 2 aromatic rings. The molecule has 1 saturated carbocycles. The number of benzene rings is 1. The summed E-state index contributed by atoms with van der Waals surface area (Å²) in [6, 6.07) is 6.85. The van der Waals surface area contributed by atoms with Crippen LogP contribution in [0.2, 0.25) is 0 Å². The van der Waals surface area contributed by atoms with Crippen molar-refractivity contribution < 1.29 is 14.7 Å². The molecule has 4 rings (SSSR count). The van der Waals surface area contributed by atoms with Crippen LogP contribution in [0.3, 0.4) is 0 Å². The van der Waals surface area contributed by atoms with Crippen molar-refractivity contribution in [3.63, 3.8) is 0 Å². The fraction of sp³-hybridized carbons (Fsp3) is 0.450. The van der Waals surface area contributed by atoms with Crippen LogP contribution in [-0.4, -0.2) is 45.2 Å². The second kappa shape index (κ2) is 7.52. The minimum atomic E-state index is -0.538. The third kappa shape index (κ3) is 3.88. The highest BCUT2D eigenvalue weighted by atomic mass is 16.3. The summed E-state index contributed by atoms with van der Waals surface area (Å²) >= 11 is 0. The van der Waals surface area contributed by atoms with Gasteiger partial charge in [0.25, 0.3) is 5.91 Å². The van der Waals surface area contributed by atoms with E-state index < -0.39 is 6.10 Å². The first-order valence-corrected chi connectivity index (χ1v) is 9.45. The normalized spacial score (nSPS) is 25.1. The van der Waals surface area contributed by atoms with Gasteiger partial charge in [0.1, 0.15) is 0 Å². The number of nitrogens with zero attached hydrogens (tertiary/aromatic N) is 3. The summed E-state index contributed by atoms with van der Waals surface area (Å²) in [5, 5.41) is 13.3. The van der Waals surface area contributed by atoms with Gasteiger partial charge < -0.3 is 19.9 Å². The number of rotatable bonds is 5. The Hall–Kier alpha value is -2.67. The van der Waals surface area contributed by atoms with Crippen LogP contribution in [0.4, 0.5) is 5.69 Å². The van der Waals surface area contributed by atoms with Gasteiger partial charge in [-0.2, -0.15) is 0 Å². The van der Waals surface area contributed by atoms with Gasteiger partial charge in [-0.05, 0) is 49.4 Å². The lowest BCUT2D eigenvalue weighted by Crippen LogP contribution is -2.39. The number of anilines is 1. The van der Waals surface area contributed by atoms with E-state index >= 15 is 0 Å². The molecule has 0 spiro atoms. The van der Waals surface area contributed by atoms with Crippen LogP contribution < -0.4 is 10.2 Å². The number of aromatic nitrogens is 2. The van der Waals surface area contributed by atoms with Gasteiger partial charge in [0.05, 0.1) is 18.5 Å². The molecule has 1 aliphatic carbocycles. The quantitative estimate of drug-likeness (QED) is 0.839. The average molecular weight is 368 g/mol. The summed E-state index contributed by atoms with van der Waals surface area (Å²) < 4.78 is 2.00. The molecule has 142 valence electrons. The molecule has 27 heavy (non-hydrogen) atoms. The molecule has 7 nitrogen and oxygen atoms in total. The number of nitrogens with one attached hydrogen (secondary N) is 1. The molecule has 3 atom stereocenters. The van der Waals surface area contributed by atoms with Crippen molar-refractivity contribution in [2.75, 3.05) is 11.4 Å². The molecule has 7 heteroatoms. The van der Waals surface area contributed by atoms with Gasteiger partial charge in [-0.15, -0.1) is 0 Å². The highest BCUT2D eigenvalue weighted by Crippen LogP contribution is 2.28. The summed E-state index contributed by atoms with van der Waals surface area (Å²) in [6.07, 6.45) is 7.75. The predicted octanol–water partition coefficient (Wildman–Crippen LogP) is 1.58. The average Bonchev–Trinajstić information content (AvgIpc) is 3.39. The zero-order chi connectivity index (χ0) is 18.8. The molecule has 0 radical (unpaired) electrons. The summed E-state index contributed by atoms with van der Waals surface area (Å²) in [5.41, 5.74) is 1.37. The SMILES string of the molecule is O=C(N[C@@H]1CC(Cn2ccnc2)C[C@H]1O)c1ccc(N2CCCC2=O)cc1. The number of amides is 2. The summed E-state index contributed by atoms with van der Waals surface area (Å²) in [4.78, 5) is 30.2. The first kappa shape index (κ1) is 17.7. The summed E-state index contributed by atoms with van der Waals surface area (Å²) in [5.74, 6) is 0.245. The van der Waals surface area contributed by atoms with E-state index in [-0.39, 0.29) is 17.9 Å². The van der Waals surface area contributed by atoms with Crippen LogP contribution in [0.1, 0.15) is 36.0 Å². The number of hydrogen-bond donors (Lipinski definition) is 2. The molecule has 2 N–H and O–H groups in total. The third-order valence-electron chi connectivity index (χ3n) is 5.49. The van der Waals surface area contributed by atoms with E-state index in [1.807, 2.05) is 22.9 Å². The van der Waals surface area contributed by atoms with E-state index in [1.54, 1.807) is 29.6 Å². The number of aliphatic hydroxyl groups is 1. The molecule has 1 unspecified atom stereocenters. The third-order valence-corrected chi connectivity index (χ3v) is 5.49. The van der Waals surface area contributed by atoms with Gasteiger partial charge >= 0.3 is 0 Å². The van der Waals surface area contributed by atoms with Crippen molar-refractivity contribution in [3.05, 3.63) is 48.5 Å². The maximum absolute atomic E-state index is 12.5. The zero-order valence-electron chi connectivity index (χ0n) is 15.1. The molecule has 2 aliphatic rings. The molecule has 2 heterocycles. The number of carbonyl (C=O) groups excluding carboxylic acids is 2. The van der Waals surface area contributed by atoms with E-state index in [0.717, 1.165) is 31.6 Å². The van der Waals surface area contributed by atoms with E-state index in [4.69, 9.17) is 0 Å². The zero-order valence-corrected chi connectivity index (χ0v) is 15.1. The molecule has 2 fully saturated rings. The van der Waals surface area contributed by atoms with Crippen LogP contribution in [0, 0.1) is 5.92 Å². The van der Waals surface area contributed by atoms with Gasteiger partial charge in [-0.1, -0.05) is 0 Å². The number of aliphatic hydroxyl groups excluding tert-OH is 1. The second-order valence-corrected chi connectivity index (χ2v) is 7.44. The minimum Gasteiger partial charge on any atom is -0.391 e. The molecule has 1 saturated heterocycles. The van der Waals surface area contributed by atoms with Gasteiger partial charge in [0.15, 0.2) is 0 Å². The number of carbonyl (C=O) groups is 2. The topological polar surface area (TPSA) is 87.5 Å². The van der Waals surface area contributed by atoms with Gasteiger partial charge in [-0.25, -0.2) is 4.98 Å². The Bertz CT molecular complexity index is 803. The molecule has 1 aliphatic heterocycles. The van der Waals surface area contributed by atoms with Crippen molar-refractivity contribution in [3.8, 4) is 0 Å². The Morgan fingerprint density at radius 2 is 2.07 bits per heavy atom. The Balaban J connectivity index is 1.35. The van der Waals surface area contributed by atoms with Crippen LogP contribution >= 0.6 is 0 Å². The monoisotopic (exact) mass is 368 g/mol. The first-order valence-electron chi connectivity index (χ1n) is 9.45. The number of hydrogen-bond acceptors (Lipinski definition) is 4. The molecular formula is C20H24N4O3. The molecule has 1 aromatic carbocycles.